The molecule has 4 fully saturated rings. The van der Waals surface area contributed by atoms with Gasteiger partial charge in [0.05, 0.1) is 25.0 Å². The van der Waals surface area contributed by atoms with E-state index in [1.807, 2.05) is 0 Å². The zero-order valence-corrected chi connectivity index (χ0v) is 14.5. The van der Waals surface area contributed by atoms with Crippen LogP contribution >= 0.6 is 0 Å². The number of carbonyl (C=O) groups excluding carboxylic acids is 3. The van der Waals surface area contributed by atoms with E-state index in [4.69, 9.17) is 14.2 Å². The highest BCUT2D eigenvalue weighted by molar-refractivity contribution is 5.88. The summed E-state index contributed by atoms with van der Waals surface area (Å²) < 4.78 is 15.9. The lowest BCUT2D eigenvalue weighted by molar-refractivity contribution is -0.232. The van der Waals surface area contributed by atoms with Crippen LogP contribution in [0.25, 0.3) is 0 Å². The first kappa shape index (κ1) is 17.0. The Bertz CT molecular complexity index is 589. The highest BCUT2D eigenvalue weighted by Crippen LogP contribution is 2.68. The molecular weight excluding hydrogens is 312 g/mol. The van der Waals surface area contributed by atoms with Gasteiger partial charge in [0.1, 0.15) is 5.60 Å². The molecule has 0 heterocycles. The first-order chi connectivity index (χ1) is 11.2. The van der Waals surface area contributed by atoms with Gasteiger partial charge in [-0.05, 0) is 38.5 Å². The van der Waals surface area contributed by atoms with Crippen LogP contribution in [-0.2, 0) is 28.6 Å². The predicted octanol–water partition coefficient (Wildman–Crippen LogP) is 2.16. The lowest BCUT2D eigenvalue weighted by atomic mass is 9.42. The highest BCUT2D eigenvalue weighted by atomic mass is 16.6. The van der Waals surface area contributed by atoms with Crippen LogP contribution in [0.3, 0.4) is 0 Å². The van der Waals surface area contributed by atoms with Crippen molar-refractivity contribution >= 4 is 17.9 Å². The SMILES string of the molecule is C=C(C)C(=O)OC12CC3CC(C(=O)OC)(C1)CC(C(=O)OC)(C3)C2. The van der Waals surface area contributed by atoms with E-state index in [0.29, 0.717) is 44.1 Å². The van der Waals surface area contributed by atoms with Gasteiger partial charge in [0.25, 0.3) is 0 Å². The maximum Gasteiger partial charge on any atom is 0.333 e. The molecule has 6 nitrogen and oxygen atoms in total. The van der Waals surface area contributed by atoms with E-state index in [2.05, 4.69) is 6.58 Å². The average Bonchev–Trinajstić information content (AvgIpc) is 2.51. The lowest BCUT2D eigenvalue weighted by Gasteiger charge is -2.63. The standard InChI is InChI=1S/C18H24O6/c1-11(2)13(19)24-18-7-12-5-16(9-18,14(20)22-3)8-17(6-12,10-18)15(21)23-4/h12H,1,5-10H2,2-4H3. The summed E-state index contributed by atoms with van der Waals surface area (Å²) in [4.78, 5) is 37.3. The van der Waals surface area contributed by atoms with Crippen LogP contribution in [0.15, 0.2) is 12.2 Å². The Morgan fingerprint density at radius 2 is 1.42 bits per heavy atom. The summed E-state index contributed by atoms with van der Waals surface area (Å²) in [5.41, 5.74) is -2.07. The van der Waals surface area contributed by atoms with Crippen molar-refractivity contribution in [2.45, 2.75) is 51.0 Å². The Kier molecular flexibility index (Phi) is 3.77. The Morgan fingerprint density at radius 3 is 1.83 bits per heavy atom. The van der Waals surface area contributed by atoms with Gasteiger partial charge in [0, 0.05) is 18.4 Å². The van der Waals surface area contributed by atoms with E-state index in [1.165, 1.54) is 14.2 Å². The van der Waals surface area contributed by atoms with Crippen LogP contribution < -0.4 is 0 Å². The molecule has 132 valence electrons. The number of hydrogen-bond acceptors (Lipinski definition) is 6. The normalized spacial score (nSPS) is 39.2. The third kappa shape index (κ3) is 2.34. The molecule has 2 atom stereocenters. The van der Waals surface area contributed by atoms with E-state index >= 15 is 0 Å². The van der Waals surface area contributed by atoms with E-state index in [0.717, 1.165) is 0 Å². The Morgan fingerprint density at radius 1 is 0.917 bits per heavy atom. The molecule has 4 aliphatic carbocycles. The molecule has 0 aromatic carbocycles. The van der Waals surface area contributed by atoms with E-state index < -0.39 is 22.4 Å². The van der Waals surface area contributed by atoms with Crippen molar-refractivity contribution in [2.75, 3.05) is 14.2 Å². The molecular formula is C18H24O6. The molecule has 6 heteroatoms. The van der Waals surface area contributed by atoms with E-state index in [9.17, 15) is 14.4 Å². The summed E-state index contributed by atoms with van der Waals surface area (Å²) >= 11 is 0. The van der Waals surface area contributed by atoms with Crippen molar-refractivity contribution in [3.63, 3.8) is 0 Å². The van der Waals surface area contributed by atoms with Gasteiger partial charge in [-0.3, -0.25) is 9.59 Å². The Hall–Kier alpha value is -1.85. The molecule has 2 unspecified atom stereocenters. The van der Waals surface area contributed by atoms with Crippen molar-refractivity contribution in [3.8, 4) is 0 Å². The molecule has 0 aliphatic heterocycles. The number of ether oxygens (including phenoxy) is 3. The molecule has 4 aliphatic rings. The van der Waals surface area contributed by atoms with Crippen LogP contribution in [0.5, 0.6) is 0 Å². The van der Waals surface area contributed by atoms with Gasteiger partial charge in [-0.25, -0.2) is 4.79 Å². The van der Waals surface area contributed by atoms with Gasteiger partial charge in [-0.15, -0.1) is 0 Å². The quantitative estimate of drug-likeness (QED) is 0.445. The third-order valence-electron chi connectivity index (χ3n) is 5.91. The molecule has 0 spiro atoms. The molecule has 4 rings (SSSR count). The molecule has 0 amide bonds. The van der Waals surface area contributed by atoms with Crippen LogP contribution in [-0.4, -0.2) is 37.7 Å². The predicted molar refractivity (Wildman–Crippen MR) is 83.7 cm³/mol. The molecule has 0 saturated heterocycles. The molecule has 0 aromatic heterocycles. The second-order valence-electron chi connectivity index (χ2n) is 7.91. The molecule has 4 bridgehead atoms. The van der Waals surface area contributed by atoms with Crippen LogP contribution in [0.2, 0.25) is 0 Å². The lowest BCUT2D eigenvalue weighted by Crippen LogP contribution is -2.65. The van der Waals surface area contributed by atoms with Crippen molar-refractivity contribution in [1.82, 2.24) is 0 Å². The van der Waals surface area contributed by atoms with Gasteiger partial charge in [0.2, 0.25) is 0 Å². The van der Waals surface area contributed by atoms with Crippen LogP contribution in [0, 0.1) is 16.7 Å². The molecule has 0 radical (unpaired) electrons. The van der Waals surface area contributed by atoms with Gasteiger partial charge in [0.15, 0.2) is 0 Å². The maximum absolute atomic E-state index is 12.5. The number of methoxy groups -OCH3 is 2. The fraction of sp³-hybridized carbons (Fsp3) is 0.722. The molecule has 0 aromatic rings. The second-order valence-corrected chi connectivity index (χ2v) is 7.91. The fourth-order valence-corrected chi connectivity index (χ4v) is 5.64. The number of rotatable bonds is 4. The zero-order valence-electron chi connectivity index (χ0n) is 14.5. The van der Waals surface area contributed by atoms with Crippen LogP contribution in [0.1, 0.15) is 45.4 Å². The first-order valence-electron chi connectivity index (χ1n) is 8.26. The fourth-order valence-electron chi connectivity index (χ4n) is 5.64. The van der Waals surface area contributed by atoms with Gasteiger partial charge >= 0.3 is 17.9 Å². The van der Waals surface area contributed by atoms with Crippen LogP contribution in [0.4, 0.5) is 0 Å². The molecule has 0 N–H and O–H groups in total. The highest BCUT2D eigenvalue weighted by Gasteiger charge is 2.70. The zero-order chi connectivity index (χ0) is 17.8. The minimum atomic E-state index is -0.822. The number of hydrogen-bond donors (Lipinski definition) is 0. The summed E-state index contributed by atoms with van der Waals surface area (Å²) in [6, 6.07) is 0. The van der Waals surface area contributed by atoms with E-state index in [1.54, 1.807) is 6.92 Å². The van der Waals surface area contributed by atoms with Gasteiger partial charge < -0.3 is 14.2 Å². The largest absolute Gasteiger partial charge is 0.469 e. The second kappa shape index (κ2) is 5.33. The minimum Gasteiger partial charge on any atom is -0.469 e. The topological polar surface area (TPSA) is 78.9 Å². The van der Waals surface area contributed by atoms with Crippen molar-refractivity contribution in [2.24, 2.45) is 16.7 Å². The molecule has 4 saturated carbocycles. The Labute approximate surface area is 141 Å². The number of carbonyl (C=O) groups is 3. The summed E-state index contributed by atoms with van der Waals surface area (Å²) in [7, 11) is 2.72. The minimum absolute atomic E-state index is 0.136. The number of esters is 3. The summed E-state index contributed by atoms with van der Waals surface area (Å²) in [6.45, 7) is 5.22. The van der Waals surface area contributed by atoms with Gasteiger partial charge in [-0.2, -0.15) is 0 Å². The first-order valence-corrected chi connectivity index (χ1v) is 8.26. The summed E-state index contributed by atoms with van der Waals surface area (Å²) in [5.74, 6) is -0.986. The van der Waals surface area contributed by atoms with Crippen molar-refractivity contribution < 1.29 is 28.6 Å². The summed E-state index contributed by atoms with van der Waals surface area (Å²) in [5, 5.41) is 0. The molecule has 24 heavy (non-hydrogen) atoms. The summed E-state index contributed by atoms with van der Waals surface area (Å²) in [6.07, 6.45) is 3.23. The monoisotopic (exact) mass is 336 g/mol. The van der Waals surface area contributed by atoms with E-state index in [-0.39, 0.29) is 17.9 Å². The average molecular weight is 336 g/mol. The van der Waals surface area contributed by atoms with Crippen molar-refractivity contribution in [1.29, 1.82) is 0 Å². The Balaban J connectivity index is 2.03. The maximum atomic E-state index is 12.5. The smallest absolute Gasteiger partial charge is 0.333 e. The van der Waals surface area contributed by atoms with Crippen molar-refractivity contribution in [3.05, 3.63) is 12.2 Å². The van der Waals surface area contributed by atoms with Gasteiger partial charge in [-0.1, -0.05) is 6.58 Å². The third-order valence-corrected chi connectivity index (χ3v) is 5.91.